The van der Waals surface area contributed by atoms with Gasteiger partial charge >= 0.3 is 0 Å². The number of carbonyl (C=O) groups excluding carboxylic acids is 2. The van der Waals surface area contributed by atoms with E-state index in [0.717, 1.165) is 34.5 Å². The number of carbonyl (C=O) groups is 2. The van der Waals surface area contributed by atoms with Crippen LogP contribution in [-0.2, 0) is 19.9 Å². The molecule has 0 unspecified atom stereocenters. The molecule has 2 atom stereocenters. The lowest BCUT2D eigenvalue weighted by Crippen LogP contribution is -2.58. The Labute approximate surface area is 211 Å². The van der Waals surface area contributed by atoms with Gasteiger partial charge < -0.3 is 4.90 Å². The van der Waals surface area contributed by atoms with E-state index >= 15 is 0 Å². The van der Waals surface area contributed by atoms with Crippen LogP contribution in [0.4, 0.5) is 11.4 Å². The maximum Gasteiger partial charge on any atom is 0.269 e. The SMILES string of the molecule is Cc1ccc(N2C(=O)CS[C@]23C(=O)N2c4c(cccc43)[C@@](C)(c3ccccc3)CC2(C)C)cc1C. The zero-order chi connectivity index (χ0) is 24.8. The molecule has 35 heavy (non-hydrogen) atoms. The highest BCUT2D eigenvalue weighted by molar-refractivity contribution is 8.02. The summed E-state index contributed by atoms with van der Waals surface area (Å²) in [5.74, 6) is 0.258. The number of para-hydroxylation sites is 1. The minimum Gasteiger partial charge on any atom is -0.303 e. The van der Waals surface area contributed by atoms with Crippen molar-refractivity contribution in [3.63, 3.8) is 0 Å². The third-order valence-corrected chi connectivity index (χ3v) is 9.62. The largest absolute Gasteiger partial charge is 0.303 e. The molecule has 3 heterocycles. The first-order valence-electron chi connectivity index (χ1n) is 12.2. The highest BCUT2D eigenvalue weighted by atomic mass is 32.2. The summed E-state index contributed by atoms with van der Waals surface area (Å²) < 4.78 is 0. The molecule has 3 aromatic rings. The molecule has 1 fully saturated rings. The van der Waals surface area contributed by atoms with Crippen LogP contribution in [0, 0.1) is 13.8 Å². The topological polar surface area (TPSA) is 40.6 Å². The molecule has 0 aliphatic carbocycles. The van der Waals surface area contributed by atoms with Crippen molar-refractivity contribution < 1.29 is 9.59 Å². The summed E-state index contributed by atoms with van der Waals surface area (Å²) in [7, 11) is 0. The molecule has 3 aliphatic rings. The first kappa shape index (κ1) is 22.4. The Bertz CT molecular complexity index is 1400. The zero-order valence-corrected chi connectivity index (χ0v) is 21.7. The maximum absolute atomic E-state index is 14.6. The molecule has 0 aromatic heterocycles. The van der Waals surface area contributed by atoms with E-state index in [4.69, 9.17) is 0 Å². The van der Waals surface area contributed by atoms with E-state index < -0.39 is 10.4 Å². The minimum atomic E-state index is -1.08. The lowest BCUT2D eigenvalue weighted by Gasteiger charge is -2.50. The average molecular weight is 483 g/mol. The van der Waals surface area contributed by atoms with Crippen molar-refractivity contribution >= 4 is 35.0 Å². The molecule has 1 saturated heterocycles. The molecule has 3 aliphatic heterocycles. The van der Waals surface area contributed by atoms with Gasteiger partial charge in [0.2, 0.25) is 10.8 Å². The summed E-state index contributed by atoms with van der Waals surface area (Å²) in [5.41, 5.74) is 6.72. The molecule has 178 valence electrons. The first-order valence-corrected chi connectivity index (χ1v) is 13.2. The highest BCUT2D eigenvalue weighted by Crippen LogP contribution is 2.62. The van der Waals surface area contributed by atoms with Crippen LogP contribution in [0.3, 0.4) is 0 Å². The van der Waals surface area contributed by atoms with Gasteiger partial charge in [0.05, 0.1) is 11.4 Å². The van der Waals surface area contributed by atoms with Crippen molar-refractivity contribution in [3.05, 3.63) is 94.5 Å². The normalized spacial score (nSPS) is 26.5. The van der Waals surface area contributed by atoms with Crippen molar-refractivity contribution in [2.75, 3.05) is 15.6 Å². The van der Waals surface area contributed by atoms with Gasteiger partial charge in [0.25, 0.3) is 5.91 Å². The summed E-state index contributed by atoms with van der Waals surface area (Å²) in [4.78, 5) is 30.7. The Balaban J connectivity index is 1.63. The average Bonchev–Trinajstić information content (AvgIpc) is 3.30. The van der Waals surface area contributed by atoms with Gasteiger partial charge in [-0.3, -0.25) is 14.5 Å². The van der Waals surface area contributed by atoms with Crippen molar-refractivity contribution in [2.24, 2.45) is 0 Å². The van der Waals surface area contributed by atoms with Gasteiger partial charge in [-0.05, 0) is 68.5 Å². The number of benzene rings is 3. The Kier molecular flexibility index (Phi) is 4.63. The summed E-state index contributed by atoms with van der Waals surface area (Å²) in [6, 6.07) is 22.9. The summed E-state index contributed by atoms with van der Waals surface area (Å²) in [6.45, 7) is 10.7. The van der Waals surface area contributed by atoms with Crippen LogP contribution >= 0.6 is 11.8 Å². The van der Waals surface area contributed by atoms with Gasteiger partial charge in [-0.2, -0.15) is 0 Å². The predicted molar refractivity (Wildman–Crippen MR) is 143 cm³/mol. The maximum atomic E-state index is 14.6. The standard InChI is InChI=1S/C30H30N2O2S/c1-19-14-15-22(16-20(19)2)31-25(33)17-35-30(31)24-13-9-12-23-26(24)32(27(30)34)28(3,4)18-29(23,5)21-10-7-6-8-11-21/h6-16H,17-18H2,1-5H3/t29-,30-/m1/s1. The second-order valence-electron chi connectivity index (χ2n) is 11.0. The number of hydrogen-bond donors (Lipinski definition) is 0. The summed E-state index contributed by atoms with van der Waals surface area (Å²) in [5, 5.41) is 0. The van der Waals surface area contributed by atoms with E-state index in [9.17, 15) is 9.59 Å². The molecule has 4 nitrogen and oxygen atoms in total. The van der Waals surface area contributed by atoms with Crippen LogP contribution in [-0.4, -0.2) is 23.1 Å². The van der Waals surface area contributed by atoms with E-state index in [1.54, 1.807) is 4.90 Å². The molecule has 6 rings (SSSR count). The molecule has 0 bridgehead atoms. The third-order valence-electron chi connectivity index (χ3n) is 8.23. The van der Waals surface area contributed by atoms with Crippen molar-refractivity contribution in [2.45, 2.75) is 56.9 Å². The number of amides is 2. The van der Waals surface area contributed by atoms with Gasteiger partial charge in [-0.25, -0.2) is 0 Å². The van der Waals surface area contributed by atoms with E-state index in [0.29, 0.717) is 0 Å². The molecule has 0 saturated carbocycles. The van der Waals surface area contributed by atoms with Crippen molar-refractivity contribution in [1.82, 2.24) is 0 Å². The van der Waals surface area contributed by atoms with E-state index in [1.165, 1.54) is 22.9 Å². The number of rotatable bonds is 2. The van der Waals surface area contributed by atoms with Crippen LogP contribution in [0.5, 0.6) is 0 Å². The van der Waals surface area contributed by atoms with E-state index in [1.807, 2.05) is 29.2 Å². The molecule has 2 amide bonds. The first-order chi connectivity index (χ1) is 16.6. The lowest BCUT2D eigenvalue weighted by molar-refractivity contribution is -0.124. The molecule has 0 radical (unpaired) electrons. The molecular formula is C30H30N2O2S. The lowest BCUT2D eigenvalue weighted by atomic mass is 9.65. The summed E-state index contributed by atoms with van der Waals surface area (Å²) in [6.07, 6.45) is 0.796. The monoisotopic (exact) mass is 482 g/mol. The number of hydrogen-bond acceptors (Lipinski definition) is 3. The quantitative estimate of drug-likeness (QED) is 0.445. The molecule has 0 N–H and O–H groups in total. The van der Waals surface area contributed by atoms with Gasteiger partial charge in [0.15, 0.2) is 0 Å². The third kappa shape index (κ3) is 2.82. The fraction of sp³-hybridized carbons (Fsp3) is 0.333. The fourth-order valence-electron chi connectivity index (χ4n) is 6.57. The number of aryl methyl sites for hydroxylation is 2. The Morgan fingerprint density at radius 2 is 1.51 bits per heavy atom. The number of nitrogens with zero attached hydrogens (tertiary/aromatic N) is 2. The number of anilines is 2. The zero-order valence-electron chi connectivity index (χ0n) is 20.9. The van der Waals surface area contributed by atoms with E-state index in [2.05, 4.69) is 77.1 Å². The predicted octanol–water partition coefficient (Wildman–Crippen LogP) is 6.07. The van der Waals surface area contributed by atoms with Crippen LogP contribution < -0.4 is 9.80 Å². The van der Waals surface area contributed by atoms with Gasteiger partial charge in [-0.15, -0.1) is 11.8 Å². The van der Waals surface area contributed by atoms with Gasteiger partial charge in [0.1, 0.15) is 0 Å². The van der Waals surface area contributed by atoms with Crippen molar-refractivity contribution in [1.29, 1.82) is 0 Å². The van der Waals surface area contributed by atoms with Gasteiger partial charge in [-0.1, -0.05) is 61.5 Å². The Hall–Kier alpha value is -3.05. The molecule has 3 aromatic carbocycles. The molecular weight excluding hydrogens is 452 g/mol. The highest BCUT2D eigenvalue weighted by Gasteiger charge is 2.65. The van der Waals surface area contributed by atoms with Crippen LogP contribution in [0.1, 0.15) is 55.0 Å². The van der Waals surface area contributed by atoms with Gasteiger partial charge in [0, 0.05) is 22.2 Å². The smallest absolute Gasteiger partial charge is 0.269 e. The fourth-order valence-corrected chi connectivity index (χ4v) is 7.90. The second-order valence-corrected chi connectivity index (χ2v) is 12.1. The Morgan fingerprint density at radius 3 is 2.23 bits per heavy atom. The molecule has 5 heteroatoms. The minimum absolute atomic E-state index is 0.00543. The second kappa shape index (κ2) is 7.23. The van der Waals surface area contributed by atoms with Crippen LogP contribution in [0.2, 0.25) is 0 Å². The van der Waals surface area contributed by atoms with Crippen LogP contribution in [0.15, 0.2) is 66.7 Å². The van der Waals surface area contributed by atoms with E-state index in [-0.39, 0.29) is 23.0 Å². The van der Waals surface area contributed by atoms with Crippen molar-refractivity contribution in [3.8, 4) is 0 Å². The number of thioether (sulfide) groups is 1. The van der Waals surface area contributed by atoms with Crippen LogP contribution in [0.25, 0.3) is 0 Å². The Morgan fingerprint density at radius 1 is 0.800 bits per heavy atom. The molecule has 1 spiro atoms. The summed E-state index contributed by atoms with van der Waals surface area (Å²) >= 11 is 1.46. The number of fused-ring (bicyclic) bond motifs is 1.